The normalized spacial score (nSPS) is 19.9. The molecule has 0 spiro atoms. The molecule has 2 nitrogen and oxygen atoms in total. The smallest absolute Gasteiger partial charge is 0.130 e. The van der Waals surface area contributed by atoms with Crippen LogP contribution >= 0.6 is 0 Å². The van der Waals surface area contributed by atoms with Gasteiger partial charge in [0.25, 0.3) is 0 Å². The van der Waals surface area contributed by atoms with E-state index in [0.29, 0.717) is 24.2 Å². The molecule has 82 valence electrons. The Morgan fingerprint density at radius 1 is 1.53 bits per heavy atom. The Balaban J connectivity index is 2.13. The molecule has 0 radical (unpaired) electrons. The summed E-state index contributed by atoms with van der Waals surface area (Å²) in [6, 6.07) is 4.85. The van der Waals surface area contributed by atoms with E-state index < -0.39 is 5.60 Å². The van der Waals surface area contributed by atoms with E-state index in [1.165, 1.54) is 6.07 Å². The Hall–Kier alpha value is -1.09. The van der Waals surface area contributed by atoms with E-state index in [1.807, 2.05) is 0 Å². The third-order valence-corrected chi connectivity index (χ3v) is 2.53. The third kappa shape index (κ3) is 2.29. The van der Waals surface area contributed by atoms with Gasteiger partial charge in [0.2, 0.25) is 0 Å². The standard InChI is InChI=1S/C12H15FO2/c1-12(2,14)7-8-6-9-10(13)4-3-5-11(9)15-8/h3-5,8,14H,6-7H2,1-2H3. The van der Waals surface area contributed by atoms with Crippen LogP contribution in [0.25, 0.3) is 0 Å². The largest absolute Gasteiger partial charge is 0.490 e. The first-order valence-electron chi connectivity index (χ1n) is 5.12. The molecule has 0 saturated heterocycles. The molecule has 3 heteroatoms. The fourth-order valence-electron chi connectivity index (χ4n) is 1.97. The van der Waals surface area contributed by atoms with Crippen LogP contribution in [0.5, 0.6) is 5.75 Å². The first kappa shape index (κ1) is 10.4. The number of halogens is 1. The van der Waals surface area contributed by atoms with E-state index in [9.17, 15) is 9.50 Å². The van der Waals surface area contributed by atoms with E-state index in [0.717, 1.165) is 0 Å². The van der Waals surface area contributed by atoms with Crippen molar-refractivity contribution in [1.29, 1.82) is 0 Å². The minimum absolute atomic E-state index is 0.114. The second-order valence-electron chi connectivity index (χ2n) is 4.68. The SMILES string of the molecule is CC(C)(O)CC1Cc2c(F)cccc2O1. The minimum atomic E-state index is -0.775. The average Bonchev–Trinajstić information content (AvgIpc) is 2.45. The maximum atomic E-state index is 13.4. The first-order valence-corrected chi connectivity index (χ1v) is 5.12. The van der Waals surface area contributed by atoms with Crippen molar-refractivity contribution in [3.05, 3.63) is 29.6 Å². The molecule has 1 atom stereocenters. The van der Waals surface area contributed by atoms with Crippen molar-refractivity contribution < 1.29 is 14.2 Å². The van der Waals surface area contributed by atoms with Gasteiger partial charge in [0.15, 0.2) is 0 Å². The van der Waals surface area contributed by atoms with Crippen molar-refractivity contribution in [2.75, 3.05) is 0 Å². The van der Waals surface area contributed by atoms with Crippen LogP contribution in [0.2, 0.25) is 0 Å². The number of hydrogen-bond donors (Lipinski definition) is 1. The lowest BCUT2D eigenvalue weighted by atomic mass is 9.98. The molecule has 2 rings (SSSR count). The minimum Gasteiger partial charge on any atom is -0.490 e. The van der Waals surface area contributed by atoms with Crippen LogP contribution in [0.1, 0.15) is 25.8 Å². The molecule has 1 aliphatic heterocycles. The zero-order valence-electron chi connectivity index (χ0n) is 8.96. The molecule has 1 aromatic rings. The van der Waals surface area contributed by atoms with Gasteiger partial charge in [-0.25, -0.2) is 4.39 Å². The van der Waals surface area contributed by atoms with E-state index >= 15 is 0 Å². The Kier molecular flexibility index (Phi) is 2.43. The average molecular weight is 210 g/mol. The predicted octanol–water partition coefficient (Wildman–Crippen LogP) is 2.29. The maximum Gasteiger partial charge on any atom is 0.130 e. The highest BCUT2D eigenvalue weighted by Crippen LogP contribution is 2.33. The molecular formula is C12H15FO2. The molecule has 0 bridgehead atoms. The fraction of sp³-hybridized carbons (Fsp3) is 0.500. The summed E-state index contributed by atoms with van der Waals surface area (Å²) in [5, 5.41) is 9.65. The summed E-state index contributed by atoms with van der Waals surface area (Å²) in [4.78, 5) is 0. The molecule has 1 unspecified atom stereocenters. The summed E-state index contributed by atoms with van der Waals surface area (Å²) in [5.74, 6) is 0.398. The fourth-order valence-corrected chi connectivity index (χ4v) is 1.97. The molecule has 0 aromatic heterocycles. The van der Waals surface area contributed by atoms with Crippen LogP contribution < -0.4 is 4.74 Å². The van der Waals surface area contributed by atoms with Gasteiger partial charge >= 0.3 is 0 Å². The van der Waals surface area contributed by atoms with Gasteiger partial charge in [-0.05, 0) is 26.0 Å². The summed E-state index contributed by atoms with van der Waals surface area (Å²) in [6.45, 7) is 3.46. The zero-order valence-corrected chi connectivity index (χ0v) is 8.96. The molecule has 1 aliphatic rings. The van der Waals surface area contributed by atoms with Crippen LogP contribution in [0, 0.1) is 5.82 Å². The van der Waals surface area contributed by atoms with Gasteiger partial charge in [-0.3, -0.25) is 0 Å². The second kappa shape index (κ2) is 3.49. The topological polar surface area (TPSA) is 29.5 Å². The number of ether oxygens (including phenoxy) is 1. The lowest BCUT2D eigenvalue weighted by Crippen LogP contribution is -2.28. The number of benzene rings is 1. The molecule has 15 heavy (non-hydrogen) atoms. The maximum absolute atomic E-state index is 13.4. The van der Waals surface area contributed by atoms with Crippen molar-refractivity contribution >= 4 is 0 Å². The highest BCUT2D eigenvalue weighted by Gasteiger charge is 2.29. The molecular weight excluding hydrogens is 195 g/mol. The Morgan fingerprint density at radius 2 is 2.27 bits per heavy atom. The lowest BCUT2D eigenvalue weighted by Gasteiger charge is -2.21. The lowest BCUT2D eigenvalue weighted by molar-refractivity contribution is 0.0332. The molecule has 1 N–H and O–H groups in total. The summed E-state index contributed by atoms with van der Waals surface area (Å²) in [6.07, 6.45) is 0.949. The van der Waals surface area contributed by atoms with Gasteiger partial charge in [-0.1, -0.05) is 6.07 Å². The van der Waals surface area contributed by atoms with Crippen LogP contribution in [0.3, 0.4) is 0 Å². The van der Waals surface area contributed by atoms with Crippen molar-refractivity contribution in [3.8, 4) is 5.75 Å². The van der Waals surface area contributed by atoms with Gasteiger partial charge in [-0.15, -0.1) is 0 Å². The number of hydrogen-bond acceptors (Lipinski definition) is 2. The first-order chi connectivity index (χ1) is 6.96. The summed E-state index contributed by atoms with van der Waals surface area (Å²) < 4.78 is 18.9. The molecule has 0 aliphatic carbocycles. The molecule has 0 saturated carbocycles. The van der Waals surface area contributed by atoms with Crippen LogP contribution in [-0.4, -0.2) is 16.8 Å². The summed E-state index contributed by atoms with van der Waals surface area (Å²) in [5.41, 5.74) is -0.143. The Morgan fingerprint density at radius 3 is 2.87 bits per heavy atom. The number of fused-ring (bicyclic) bond motifs is 1. The van der Waals surface area contributed by atoms with E-state index in [-0.39, 0.29) is 11.9 Å². The van der Waals surface area contributed by atoms with Crippen LogP contribution in [-0.2, 0) is 6.42 Å². The Labute approximate surface area is 88.7 Å². The third-order valence-electron chi connectivity index (χ3n) is 2.53. The van der Waals surface area contributed by atoms with Gasteiger partial charge in [0, 0.05) is 18.4 Å². The highest BCUT2D eigenvalue weighted by atomic mass is 19.1. The van der Waals surface area contributed by atoms with Crippen molar-refractivity contribution in [2.24, 2.45) is 0 Å². The van der Waals surface area contributed by atoms with E-state index in [2.05, 4.69) is 0 Å². The van der Waals surface area contributed by atoms with Crippen LogP contribution in [0.15, 0.2) is 18.2 Å². The van der Waals surface area contributed by atoms with Crippen molar-refractivity contribution in [1.82, 2.24) is 0 Å². The summed E-state index contributed by atoms with van der Waals surface area (Å²) >= 11 is 0. The van der Waals surface area contributed by atoms with Gasteiger partial charge in [0.05, 0.1) is 5.60 Å². The van der Waals surface area contributed by atoms with Gasteiger partial charge in [0.1, 0.15) is 17.7 Å². The predicted molar refractivity (Wildman–Crippen MR) is 55.4 cm³/mol. The second-order valence-corrected chi connectivity index (χ2v) is 4.68. The molecule has 0 fully saturated rings. The Bertz CT molecular complexity index is 368. The number of rotatable bonds is 2. The quantitative estimate of drug-likeness (QED) is 0.811. The zero-order chi connectivity index (χ0) is 11.1. The summed E-state index contributed by atoms with van der Waals surface area (Å²) in [7, 11) is 0. The molecule has 1 aromatic carbocycles. The number of aliphatic hydroxyl groups is 1. The van der Waals surface area contributed by atoms with Crippen LogP contribution in [0.4, 0.5) is 4.39 Å². The van der Waals surface area contributed by atoms with E-state index in [4.69, 9.17) is 4.74 Å². The highest BCUT2D eigenvalue weighted by molar-refractivity contribution is 5.38. The van der Waals surface area contributed by atoms with Gasteiger partial charge in [-0.2, -0.15) is 0 Å². The van der Waals surface area contributed by atoms with Crippen molar-refractivity contribution in [2.45, 2.75) is 38.4 Å². The monoisotopic (exact) mass is 210 g/mol. The van der Waals surface area contributed by atoms with E-state index in [1.54, 1.807) is 26.0 Å². The molecule has 0 amide bonds. The van der Waals surface area contributed by atoms with Gasteiger partial charge < -0.3 is 9.84 Å². The molecule has 1 heterocycles. The van der Waals surface area contributed by atoms with Crippen molar-refractivity contribution in [3.63, 3.8) is 0 Å².